The molecule has 2 amide bonds. The van der Waals surface area contributed by atoms with E-state index in [9.17, 15) is 9.59 Å². The maximum atomic E-state index is 12.3. The van der Waals surface area contributed by atoms with Crippen molar-refractivity contribution in [1.82, 2.24) is 15.5 Å². The lowest BCUT2D eigenvalue weighted by Crippen LogP contribution is -2.42. The van der Waals surface area contributed by atoms with E-state index in [0.717, 1.165) is 37.2 Å². The highest BCUT2D eigenvalue weighted by Crippen LogP contribution is 2.54. The number of hydrogen-bond donors (Lipinski definition) is 2. The Balaban J connectivity index is 1.30. The summed E-state index contributed by atoms with van der Waals surface area (Å²) in [5.41, 5.74) is 0.882. The lowest BCUT2D eigenvalue weighted by atomic mass is 9.73. The topological polar surface area (TPSA) is 79.9 Å². The van der Waals surface area contributed by atoms with Gasteiger partial charge >= 0.3 is 0 Å². The smallest absolute Gasteiger partial charge is 0.257 e. The van der Waals surface area contributed by atoms with E-state index in [-0.39, 0.29) is 30.1 Å². The van der Waals surface area contributed by atoms with Crippen molar-refractivity contribution in [2.24, 2.45) is 11.8 Å². The standard InChI is InChI=1S/C21H29N3O4/c1-14-5-3-4-6-17(14)27-12-20(26)23-9-15-16-10-24(11-19(25)22-2)13-21(16)8-7-18(15)28-21/h3-6,15-16,18H,7-13H2,1-2H3,(H,22,25)(H,23,26)/t15-,16+,18+,21+/m0/s1. The van der Waals surface area contributed by atoms with Gasteiger partial charge < -0.3 is 20.1 Å². The number of carbonyl (C=O) groups is 2. The molecule has 0 aromatic heterocycles. The van der Waals surface area contributed by atoms with E-state index in [0.29, 0.717) is 24.9 Å². The summed E-state index contributed by atoms with van der Waals surface area (Å²) in [6.45, 7) is 4.64. The molecule has 28 heavy (non-hydrogen) atoms. The summed E-state index contributed by atoms with van der Waals surface area (Å²) >= 11 is 0. The van der Waals surface area contributed by atoms with Crippen LogP contribution in [0.15, 0.2) is 24.3 Å². The van der Waals surface area contributed by atoms with Gasteiger partial charge in [0.15, 0.2) is 6.61 Å². The Hall–Kier alpha value is -2.12. The van der Waals surface area contributed by atoms with Gasteiger partial charge in [-0.15, -0.1) is 0 Å². The highest BCUT2D eigenvalue weighted by atomic mass is 16.5. The molecule has 7 nitrogen and oxygen atoms in total. The second kappa shape index (κ2) is 7.72. The van der Waals surface area contributed by atoms with E-state index < -0.39 is 0 Å². The number of amides is 2. The molecule has 0 saturated carbocycles. The fourth-order valence-corrected chi connectivity index (χ4v) is 5.11. The van der Waals surface area contributed by atoms with Crippen molar-refractivity contribution in [3.05, 3.63) is 29.8 Å². The fourth-order valence-electron chi connectivity index (χ4n) is 5.11. The van der Waals surface area contributed by atoms with Gasteiger partial charge in [0, 0.05) is 38.5 Å². The normalized spacial score (nSPS) is 30.9. The number of carbonyl (C=O) groups excluding carboxylic acids is 2. The average molecular weight is 387 g/mol. The van der Waals surface area contributed by atoms with Crippen molar-refractivity contribution < 1.29 is 19.1 Å². The Morgan fingerprint density at radius 3 is 2.93 bits per heavy atom. The van der Waals surface area contributed by atoms with Crippen LogP contribution in [0.3, 0.4) is 0 Å². The van der Waals surface area contributed by atoms with Gasteiger partial charge in [-0.3, -0.25) is 14.5 Å². The third-order valence-corrected chi connectivity index (χ3v) is 6.49. The van der Waals surface area contributed by atoms with Crippen molar-refractivity contribution >= 4 is 11.8 Å². The van der Waals surface area contributed by atoms with Crippen molar-refractivity contribution in [3.8, 4) is 5.75 Å². The molecule has 3 saturated heterocycles. The van der Waals surface area contributed by atoms with Gasteiger partial charge in [-0.25, -0.2) is 0 Å². The van der Waals surface area contributed by atoms with Crippen LogP contribution in [0.1, 0.15) is 18.4 Å². The van der Waals surface area contributed by atoms with Gasteiger partial charge in [0.25, 0.3) is 5.91 Å². The second-order valence-corrected chi connectivity index (χ2v) is 8.23. The zero-order valence-electron chi connectivity index (χ0n) is 16.6. The molecule has 152 valence electrons. The van der Waals surface area contributed by atoms with Crippen LogP contribution in [-0.2, 0) is 14.3 Å². The maximum absolute atomic E-state index is 12.3. The summed E-state index contributed by atoms with van der Waals surface area (Å²) in [4.78, 5) is 26.2. The van der Waals surface area contributed by atoms with Crippen molar-refractivity contribution in [2.45, 2.75) is 31.5 Å². The van der Waals surface area contributed by atoms with E-state index >= 15 is 0 Å². The zero-order valence-corrected chi connectivity index (χ0v) is 16.6. The minimum Gasteiger partial charge on any atom is -0.484 e. The Labute approximate surface area is 165 Å². The molecule has 3 aliphatic rings. The second-order valence-electron chi connectivity index (χ2n) is 8.23. The predicted molar refractivity (Wildman–Crippen MR) is 104 cm³/mol. The first kappa shape index (κ1) is 19.2. The molecule has 7 heteroatoms. The molecule has 0 unspecified atom stereocenters. The van der Waals surface area contributed by atoms with Crippen LogP contribution in [0.4, 0.5) is 0 Å². The quantitative estimate of drug-likeness (QED) is 0.721. The SMILES string of the molecule is CNC(=O)CN1C[C@@H]2[C@H](CNC(=O)COc3ccccc3C)[C@H]3CC[C@]2(C1)O3. The first-order valence-corrected chi connectivity index (χ1v) is 10.1. The zero-order chi connectivity index (χ0) is 19.7. The molecule has 2 bridgehead atoms. The number of rotatable bonds is 7. The van der Waals surface area contributed by atoms with Crippen molar-refractivity contribution in [3.63, 3.8) is 0 Å². The monoisotopic (exact) mass is 387 g/mol. The van der Waals surface area contributed by atoms with E-state index in [4.69, 9.17) is 9.47 Å². The summed E-state index contributed by atoms with van der Waals surface area (Å²) in [5, 5.41) is 5.72. The number of para-hydroxylation sites is 1. The van der Waals surface area contributed by atoms with E-state index in [1.165, 1.54) is 0 Å². The molecule has 1 aromatic rings. The van der Waals surface area contributed by atoms with Gasteiger partial charge in [0.05, 0.1) is 18.2 Å². The molecule has 1 aromatic carbocycles. The molecular weight excluding hydrogens is 358 g/mol. The molecular formula is C21H29N3O4. The molecule has 3 aliphatic heterocycles. The van der Waals surface area contributed by atoms with Crippen LogP contribution in [0.25, 0.3) is 0 Å². The first-order valence-electron chi connectivity index (χ1n) is 10.1. The van der Waals surface area contributed by atoms with E-state index in [1.54, 1.807) is 7.05 Å². The molecule has 1 spiro atoms. The van der Waals surface area contributed by atoms with Crippen LogP contribution >= 0.6 is 0 Å². The third-order valence-electron chi connectivity index (χ3n) is 6.49. The highest BCUT2D eigenvalue weighted by Gasteiger charge is 2.62. The molecule has 4 rings (SSSR count). The molecule has 2 N–H and O–H groups in total. The Bertz CT molecular complexity index is 755. The molecule has 0 aliphatic carbocycles. The predicted octanol–water partition coefficient (Wildman–Crippen LogP) is 0.715. The van der Waals surface area contributed by atoms with Crippen LogP contribution < -0.4 is 15.4 Å². The minimum absolute atomic E-state index is 0.0156. The lowest BCUT2D eigenvalue weighted by molar-refractivity contribution is -0.123. The number of fused-ring (bicyclic) bond motifs is 1. The summed E-state index contributed by atoms with van der Waals surface area (Å²) in [6.07, 6.45) is 2.29. The Morgan fingerprint density at radius 1 is 1.32 bits per heavy atom. The average Bonchev–Trinajstić information content (AvgIpc) is 3.33. The number of aryl methyl sites for hydroxylation is 1. The Morgan fingerprint density at radius 2 is 2.14 bits per heavy atom. The number of benzene rings is 1. The summed E-state index contributed by atoms with van der Waals surface area (Å²) < 4.78 is 12.0. The summed E-state index contributed by atoms with van der Waals surface area (Å²) in [6, 6.07) is 7.68. The van der Waals surface area contributed by atoms with Gasteiger partial charge in [0.2, 0.25) is 5.91 Å². The lowest BCUT2D eigenvalue weighted by Gasteiger charge is -2.29. The maximum Gasteiger partial charge on any atom is 0.257 e. The van der Waals surface area contributed by atoms with Crippen LogP contribution in [0, 0.1) is 18.8 Å². The van der Waals surface area contributed by atoms with Crippen LogP contribution in [0.2, 0.25) is 0 Å². The van der Waals surface area contributed by atoms with Gasteiger partial charge in [0.1, 0.15) is 5.75 Å². The number of nitrogens with one attached hydrogen (secondary N) is 2. The summed E-state index contributed by atoms with van der Waals surface area (Å²) in [7, 11) is 1.66. The number of likely N-dealkylation sites (N-methyl/N-ethyl adjacent to an activating group) is 1. The molecule has 4 atom stereocenters. The number of nitrogens with zero attached hydrogens (tertiary/aromatic N) is 1. The number of ether oxygens (including phenoxy) is 2. The number of likely N-dealkylation sites (tertiary alicyclic amines) is 1. The van der Waals surface area contributed by atoms with E-state index in [1.807, 2.05) is 31.2 Å². The highest BCUT2D eigenvalue weighted by molar-refractivity contribution is 5.78. The van der Waals surface area contributed by atoms with Crippen LogP contribution in [0.5, 0.6) is 5.75 Å². The molecule has 3 fully saturated rings. The van der Waals surface area contributed by atoms with Crippen molar-refractivity contribution in [1.29, 1.82) is 0 Å². The first-order chi connectivity index (χ1) is 13.5. The third kappa shape index (κ3) is 3.61. The van der Waals surface area contributed by atoms with Gasteiger partial charge in [-0.1, -0.05) is 18.2 Å². The van der Waals surface area contributed by atoms with Gasteiger partial charge in [-0.2, -0.15) is 0 Å². The largest absolute Gasteiger partial charge is 0.484 e. The molecule has 3 heterocycles. The minimum atomic E-state index is -0.133. The molecule has 0 radical (unpaired) electrons. The van der Waals surface area contributed by atoms with Crippen LogP contribution in [-0.4, -0.2) is 68.3 Å². The number of hydrogen-bond acceptors (Lipinski definition) is 5. The Kier molecular flexibility index (Phi) is 5.29. The fraction of sp³-hybridized carbons (Fsp3) is 0.619. The van der Waals surface area contributed by atoms with Crippen molar-refractivity contribution in [2.75, 3.05) is 39.8 Å². The van der Waals surface area contributed by atoms with Gasteiger partial charge in [-0.05, 0) is 31.4 Å². The summed E-state index contributed by atoms with van der Waals surface area (Å²) in [5.74, 6) is 1.32. The van der Waals surface area contributed by atoms with E-state index in [2.05, 4.69) is 15.5 Å².